The number of carbonyl (C=O) groups is 1. The maximum Gasteiger partial charge on any atom is 0.338 e. The molecule has 1 aromatic rings. The highest BCUT2D eigenvalue weighted by Gasteiger charge is 2.39. The molecule has 1 aromatic carbocycles. The lowest BCUT2D eigenvalue weighted by Crippen LogP contribution is -2.50. The predicted molar refractivity (Wildman–Crippen MR) is 64.7 cm³/mol. The Morgan fingerprint density at radius 2 is 2.00 bits per heavy atom. The van der Waals surface area contributed by atoms with E-state index < -0.39 is 18.4 Å². The first-order chi connectivity index (χ1) is 8.49. The Balaban J connectivity index is 2.65. The molecule has 0 aliphatic rings. The second-order valence-electron chi connectivity index (χ2n) is 3.97. The maximum absolute atomic E-state index is 13.4. The molecule has 1 rings (SSSR count). The number of halogens is 2. The fourth-order valence-corrected chi connectivity index (χ4v) is 1.58. The summed E-state index contributed by atoms with van der Waals surface area (Å²) in [6, 6.07) is 9.24. The van der Waals surface area contributed by atoms with E-state index in [1.165, 1.54) is 10.3 Å². The van der Waals surface area contributed by atoms with Crippen LogP contribution in [0.5, 0.6) is 0 Å². The van der Waals surface area contributed by atoms with Crippen molar-refractivity contribution >= 4 is 5.91 Å². The largest absolute Gasteiger partial charge is 0.338 e. The van der Waals surface area contributed by atoms with Crippen molar-refractivity contribution in [1.29, 1.82) is 0 Å². The fourth-order valence-electron chi connectivity index (χ4n) is 1.58. The highest BCUT2D eigenvalue weighted by Crippen LogP contribution is 2.16. The standard InChI is InChI=1S/C12H17F2N3O/c1-2-17(8-10-6-4-3-5-7-10)9-12(13,14)11(18)16-15/h3-7H,2,8-9,15H2,1H3,(H,16,18). The van der Waals surface area contributed by atoms with Crippen LogP contribution in [0.2, 0.25) is 0 Å². The minimum atomic E-state index is -3.49. The molecule has 0 radical (unpaired) electrons. The molecule has 0 atom stereocenters. The number of hydrogen-bond acceptors (Lipinski definition) is 3. The van der Waals surface area contributed by atoms with E-state index in [9.17, 15) is 13.6 Å². The molecule has 0 aromatic heterocycles. The molecule has 0 aliphatic heterocycles. The van der Waals surface area contributed by atoms with Gasteiger partial charge in [0.1, 0.15) is 0 Å². The van der Waals surface area contributed by atoms with Crippen LogP contribution in [-0.2, 0) is 11.3 Å². The molecule has 0 aliphatic carbocycles. The Kier molecular flexibility index (Phi) is 5.18. The van der Waals surface area contributed by atoms with Crippen LogP contribution in [0, 0.1) is 0 Å². The zero-order valence-corrected chi connectivity index (χ0v) is 10.2. The van der Waals surface area contributed by atoms with Crippen LogP contribution < -0.4 is 11.3 Å². The second-order valence-corrected chi connectivity index (χ2v) is 3.97. The number of benzene rings is 1. The molecule has 0 heterocycles. The van der Waals surface area contributed by atoms with Crippen molar-refractivity contribution < 1.29 is 13.6 Å². The summed E-state index contributed by atoms with van der Waals surface area (Å²) in [6.07, 6.45) is 0. The lowest BCUT2D eigenvalue weighted by atomic mass is 10.2. The van der Waals surface area contributed by atoms with E-state index in [0.29, 0.717) is 13.1 Å². The molecule has 0 saturated heterocycles. The van der Waals surface area contributed by atoms with Gasteiger partial charge in [-0.25, -0.2) is 5.84 Å². The predicted octanol–water partition coefficient (Wildman–Crippen LogP) is 1.13. The van der Waals surface area contributed by atoms with Crippen LogP contribution in [0.15, 0.2) is 30.3 Å². The van der Waals surface area contributed by atoms with Gasteiger partial charge in [0.15, 0.2) is 0 Å². The van der Waals surface area contributed by atoms with Crippen molar-refractivity contribution in [2.45, 2.75) is 19.4 Å². The fraction of sp³-hybridized carbons (Fsp3) is 0.417. The number of nitrogens with one attached hydrogen (secondary N) is 1. The highest BCUT2D eigenvalue weighted by molar-refractivity contribution is 5.83. The first-order valence-electron chi connectivity index (χ1n) is 5.64. The number of alkyl halides is 2. The lowest BCUT2D eigenvalue weighted by Gasteiger charge is -2.25. The third-order valence-corrected chi connectivity index (χ3v) is 2.58. The molecule has 0 fully saturated rings. The van der Waals surface area contributed by atoms with Gasteiger partial charge in [-0.15, -0.1) is 0 Å². The molecule has 100 valence electrons. The van der Waals surface area contributed by atoms with Gasteiger partial charge < -0.3 is 0 Å². The molecule has 0 spiro atoms. The Hall–Kier alpha value is -1.53. The van der Waals surface area contributed by atoms with Gasteiger partial charge in [0.25, 0.3) is 0 Å². The Morgan fingerprint density at radius 1 is 1.39 bits per heavy atom. The minimum absolute atomic E-state index is 0.366. The molecular weight excluding hydrogens is 240 g/mol. The SMILES string of the molecule is CCN(Cc1ccccc1)CC(F)(F)C(=O)NN. The second kappa shape index (κ2) is 6.42. The smallest absolute Gasteiger partial charge is 0.293 e. The normalized spacial score (nSPS) is 11.6. The summed E-state index contributed by atoms with van der Waals surface area (Å²) in [5.41, 5.74) is 2.40. The third kappa shape index (κ3) is 4.05. The number of carbonyl (C=O) groups excluding carboxylic acids is 1. The van der Waals surface area contributed by atoms with Crippen LogP contribution in [0.25, 0.3) is 0 Å². The van der Waals surface area contributed by atoms with E-state index >= 15 is 0 Å². The van der Waals surface area contributed by atoms with Gasteiger partial charge in [-0.2, -0.15) is 8.78 Å². The summed E-state index contributed by atoms with van der Waals surface area (Å²) in [4.78, 5) is 12.4. The van der Waals surface area contributed by atoms with Crippen LogP contribution in [0.1, 0.15) is 12.5 Å². The van der Waals surface area contributed by atoms with Crippen molar-refractivity contribution in [3.05, 3.63) is 35.9 Å². The van der Waals surface area contributed by atoms with Gasteiger partial charge in [0.05, 0.1) is 6.54 Å². The zero-order valence-electron chi connectivity index (χ0n) is 10.2. The van der Waals surface area contributed by atoms with Gasteiger partial charge in [0, 0.05) is 6.54 Å². The van der Waals surface area contributed by atoms with Crippen molar-refractivity contribution in [3.8, 4) is 0 Å². The van der Waals surface area contributed by atoms with Crippen LogP contribution >= 0.6 is 0 Å². The van der Waals surface area contributed by atoms with E-state index in [0.717, 1.165) is 5.56 Å². The van der Waals surface area contributed by atoms with Crippen LogP contribution in [0.4, 0.5) is 8.78 Å². The molecule has 0 bridgehead atoms. The van der Waals surface area contributed by atoms with E-state index in [1.807, 2.05) is 30.3 Å². The summed E-state index contributed by atoms with van der Waals surface area (Å²) in [5, 5.41) is 0. The van der Waals surface area contributed by atoms with Gasteiger partial charge in [-0.3, -0.25) is 15.1 Å². The molecule has 1 amide bonds. The minimum Gasteiger partial charge on any atom is -0.293 e. The zero-order chi connectivity index (χ0) is 13.6. The summed E-state index contributed by atoms with van der Waals surface area (Å²) >= 11 is 0. The average molecular weight is 257 g/mol. The first-order valence-corrected chi connectivity index (χ1v) is 5.64. The number of amides is 1. The molecular formula is C12H17F2N3O. The summed E-state index contributed by atoms with van der Waals surface area (Å²) < 4.78 is 26.8. The molecule has 4 nitrogen and oxygen atoms in total. The van der Waals surface area contributed by atoms with Gasteiger partial charge in [-0.05, 0) is 12.1 Å². The monoisotopic (exact) mass is 257 g/mol. The molecule has 18 heavy (non-hydrogen) atoms. The molecule has 3 N–H and O–H groups in total. The van der Waals surface area contributed by atoms with Crippen molar-refractivity contribution in [3.63, 3.8) is 0 Å². The highest BCUT2D eigenvalue weighted by atomic mass is 19.3. The maximum atomic E-state index is 13.4. The van der Waals surface area contributed by atoms with E-state index in [1.54, 1.807) is 6.92 Å². The number of nitrogens with two attached hydrogens (primary N) is 1. The molecule has 6 heteroatoms. The van der Waals surface area contributed by atoms with Crippen LogP contribution in [0.3, 0.4) is 0 Å². The Labute approximate surface area is 105 Å². The van der Waals surface area contributed by atoms with E-state index in [2.05, 4.69) is 0 Å². The number of hydrogen-bond donors (Lipinski definition) is 2. The van der Waals surface area contributed by atoms with Crippen LogP contribution in [-0.4, -0.2) is 29.8 Å². The van der Waals surface area contributed by atoms with E-state index in [4.69, 9.17) is 5.84 Å². The number of hydrazine groups is 1. The van der Waals surface area contributed by atoms with Crippen molar-refractivity contribution in [2.24, 2.45) is 5.84 Å². The van der Waals surface area contributed by atoms with Gasteiger partial charge >= 0.3 is 11.8 Å². The van der Waals surface area contributed by atoms with Gasteiger partial charge in [0.2, 0.25) is 0 Å². The number of nitrogens with zero attached hydrogens (tertiary/aromatic N) is 1. The quantitative estimate of drug-likeness (QED) is 0.456. The molecule has 0 saturated carbocycles. The summed E-state index contributed by atoms with van der Waals surface area (Å²) in [7, 11) is 0. The lowest BCUT2D eigenvalue weighted by molar-refractivity contribution is -0.148. The van der Waals surface area contributed by atoms with Crippen molar-refractivity contribution in [2.75, 3.05) is 13.1 Å². The molecule has 0 unspecified atom stereocenters. The summed E-state index contributed by atoms with van der Waals surface area (Å²) in [5.74, 6) is -0.221. The number of rotatable bonds is 6. The Morgan fingerprint density at radius 3 is 2.50 bits per heavy atom. The third-order valence-electron chi connectivity index (χ3n) is 2.58. The first kappa shape index (κ1) is 14.5. The topological polar surface area (TPSA) is 58.4 Å². The summed E-state index contributed by atoms with van der Waals surface area (Å²) in [6.45, 7) is 1.90. The van der Waals surface area contributed by atoms with Crippen molar-refractivity contribution in [1.82, 2.24) is 10.3 Å². The van der Waals surface area contributed by atoms with E-state index in [-0.39, 0.29) is 0 Å². The average Bonchev–Trinajstić information content (AvgIpc) is 2.37. The Bertz CT molecular complexity index is 384. The van der Waals surface area contributed by atoms with Gasteiger partial charge in [-0.1, -0.05) is 37.3 Å².